The maximum Gasteiger partial charge on any atom is 0.276 e. The number of anilines is 2. The van der Waals surface area contributed by atoms with Crippen molar-refractivity contribution in [2.75, 3.05) is 19.4 Å². The largest absolute Gasteiger partial charge is 0.857 e. The second-order valence-electron chi connectivity index (χ2n) is 6.15. The number of hydrogen-bond donors (Lipinski definition) is 3. The Morgan fingerprint density at radius 1 is 1.24 bits per heavy atom. The minimum atomic E-state index is -0.606. The molecule has 2 heterocycles. The molecule has 0 radical (unpaired) electrons. The van der Waals surface area contributed by atoms with Crippen LogP contribution in [-0.4, -0.2) is 51.5 Å². The standard InChI is InChI=1S/C18H21N9O2/c1-20-14(17(28)21-2)12(5-19)26-18(29)15-13(25-11-6-22-9-23-7-11)8-24-16(27-15)10-3-4-10/h5-10,25H,3-4,19H2,1-2H3,(H,21,28)(H,26,29)/p-1. The van der Waals surface area contributed by atoms with Gasteiger partial charge in [0.1, 0.15) is 12.2 Å². The lowest BCUT2D eigenvalue weighted by atomic mass is 10.2. The van der Waals surface area contributed by atoms with E-state index < -0.39 is 11.8 Å². The van der Waals surface area contributed by atoms with E-state index in [0.717, 1.165) is 19.0 Å². The fourth-order valence-electron chi connectivity index (χ4n) is 2.52. The predicted molar refractivity (Wildman–Crippen MR) is 106 cm³/mol. The molecule has 29 heavy (non-hydrogen) atoms. The molecule has 4 N–H and O–H groups in total. The van der Waals surface area contributed by atoms with Crippen molar-refractivity contribution >= 4 is 28.9 Å². The fraction of sp³-hybridized carbons (Fsp3) is 0.278. The fourth-order valence-corrected chi connectivity index (χ4v) is 2.52. The molecule has 1 fully saturated rings. The number of rotatable bonds is 7. The summed E-state index contributed by atoms with van der Waals surface area (Å²) < 4.78 is 0. The van der Waals surface area contributed by atoms with Gasteiger partial charge in [-0.2, -0.15) is 0 Å². The molecular weight excluding hydrogens is 374 g/mol. The number of nitrogens with two attached hydrogens (primary N) is 1. The van der Waals surface area contributed by atoms with Gasteiger partial charge in [0.05, 0.1) is 41.4 Å². The minimum Gasteiger partial charge on any atom is -0.857 e. The first kappa shape index (κ1) is 19.9. The highest BCUT2D eigenvalue weighted by atomic mass is 16.3. The third kappa shape index (κ3) is 4.69. The lowest BCUT2D eigenvalue weighted by Gasteiger charge is -2.17. The summed E-state index contributed by atoms with van der Waals surface area (Å²) in [4.78, 5) is 37.0. The van der Waals surface area contributed by atoms with Gasteiger partial charge in [-0.05, 0) is 12.8 Å². The Morgan fingerprint density at radius 3 is 2.55 bits per heavy atom. The van der Waals surface area contributed by atoms with Crippen LogP contribution in [0.15, 0.2) is 46.8 Å². The number of nitrogens with zero attached hydrogens (tertiary/aromatic N) is 6. The Hall–Kier alpha value is -3.89. The lowest BCUT2D eigenvalue weighted by molar-refractivity contribution is -0.209. The van der Waals surface area contributed by atoms with Gasteiger partial charge in [-0.15, -0.1) is 0 Å². The summed E-state index contributed by atoms with van der Waals surface area (Å²) in [5.74, 6) is -0.346. The average Bonchev–Trinajstić information content (AvgIpc) is 3.59. The van der Waals surface area contributed by atoms with Crippen LogP contribution in [0.1, 0.15) is 35.1 Å². The first-order chi connectivity index (χ1) is 14.1. The van der Waals surface area contributed by atoms with Crippen LogP contribution in [0.25, 0.3) is 0 Å². The lowest BCUT2D eigenvalue weighted by Crippen LogP contribution is -2.37. The summed E-state index contributed by atoms with van der Waals surface area (Å²) in [6.07, 6.45) is 9.09. The number of hydrogen-bond acceptors (Lipinski definition) is 10. The maximum absolute atomic E-state index is 13.0. The Balaban J connectivity index is 1.92. The first-order valence-corrected chi connectivity index (χ1v) is 8.80. The predicted octanol–water partition coefficient (Wildman–Crippen LogP) is -0.123. The van der Waals surface area contributed by atoms with Crippen molar-refractivity contribution in [2.24, 2.45) is 15.7 Å². The number of nitrogens with one attached hydrogen (secondary N) is 2. The molecule has 150 valence electrons. The van der Waals surface area contributed by atoms with Crippen molar-refractivity contribution in [1.29, 1.82) is 0 Å². The molecule has 2 aromatic heterocycles. The van der Waals surface area contributed by atoms with Crippen molar-refractivity contribution < 1.29 is 9.90 Å². The summed E-state index contributed by atoms with van der Waals surface area (Å²) in [7, 11) is 2.74. The molecule has 1 amide bonds. The van der Waals surface area contributed by atoms with Crippen LogP contribution in [0.3, 0.4) is 0 Å². The average molecular weight is 394 g/mol. The van der Waals surface area contributed by atoms with Crippen LogP contribution in [0.2, 0.25) is 0 Å². The number of amides is 1. The molecule has 0 saturated heterocycles. The van der Waals surface area contributed by atoms with Crippen LogP contribution in [0.5, 0.6) is 0 Å². The molecule has 1 saturated carbocycles. The molecule has 0 spiro atoms. The number of carbonyl (C=O) groups is 1. The van der Waals surface area contributed by atoms with Crippen molar-refractivity contribution in [1.82, 2.24) is 25.3 Å². The van der Waals surface area contributed by atoms with E-state index in [9.17, 15) is 9.90 Å². The first-order valence-electron chi connectivity index (χ1n) is 8.80. The van der Waals surface area contributed by atoms with E-state index in [2.05, 4.69) is 40.6 Å². The van der Waals surface area contributed by atoms with Crippen LogP contribution in [0, 0.1) is 0 Å². The van der Waals surface area contributed by atoms with Gasteiger partial charge in [0.25, 0.3) is 5.91 Å². The summed E-state index contributed by atoms with van der Waals surface area (Å²) in [6, 6.07) is 0. The zero-order valence-corrected chi connectivity index (χ0v) is 16.0. The summed E-state index contributed by atoms with van der Waals surface area (Å²) in [5.41, 5.74) is 6.60. The monoisotopic (exact) mass is 394 g/mol. The van der Waals surface area contributed by atoms with E-state index >= 15 is 0 Å². The van der Waals surface area contributed by atoms with Crippen LogP contribution < -0.4 is 21.5 Å². The van der Waals surface area contributed by atoms with Crippen LogP contribution >= 0.6 is 0 Å². The van der Waals surface area contributed by atoms with Gasteiger partial charge in [0.2, 0.25) is 0 Å². The summed E-state index contributed by atoms with van der Waals surface area (Å²) >= 11 is 0. The normalized spacial score (nSPS) is 15.2. The molecule has 3 rings (SSSR count). The van der Waals surface area contributed by atoms with Gasteiger partial charge < -0.3 is 26.5 Å². The van der Waals surface area contributed by atoms with E-state index in [-0.39, 0.29) is 23.0 Å². The van der Waals surface area contributed by atoms with Gasteiger partial charge in [0, 0.05) is 32.1 Å². The third-order valence-electron chi connectivity index (χ3n) is 4.10. The Morgan fingerprint density at radius 2 is 1.97 bits per heavy atom. The Kier molecular flexibility index (Phi) is 6.07. The maximum atomic E-state index is 13.0. The molecule has 0 aromatic carbocycles. The molecular formula is C18H20N9O2-. The molecule has 0 aliphatic heterocycles. The highest BCUT2D eigenvalue weighted by Crippen LogP contribution is 2.38. The van der Waals surface area contributed by atoms with Gasteiger partial charge in [-0.1, -0.05) is 0 Å². The highest BCUT2D eigenvalue weighted by Gasteiger charge is 2.28. The zero-order chi connectivity index (χ0) is 20.8. The number of carbonyl (C=O) groups excluding carboxylic acids is 1. The summed E-state index contributed by atoms with van der Waals surface area (Å²) in [5, 5.41) is 17.5. The van der Waals surface area contributed by atoms with Gasteiger partial charge in [-0.3, -0.25) is 9.79 Å². The van der Waals surface area contributed by atoms with Crippen LogP contribution in [-0.2, 0) is 0 Å². The number of aliphatic imine (C=N–C) groups is 2. The van der Waals surface area contributed by atoms with Crippen LogP contribution in [0.4, 0.5) is 11.4 Å². The molecule has 0 bridgehead atoms. The number of aromatic nitrogens is 4. The quantitative estimate of drug-likeness (QED) is 0.431. The third-order valence-corrected chi connectivity index (χ3v) is 4.10. The molecule has 1 aliphatic carbocycles. The van der Waals surface area contributed by atoms with Crippen molar-refractivity contribution in [2.45, 2.75) is 18.8 Å². The van der Waals surface area contributed by atoms with E-state index in [4.69, 9.17) is 5.73 Å². The molecule has 2 aromatic rings. The van der Waals surface area contributed by atoms with E-state index in [1.54, 1.807) is 12.4 Å². The molecule has 0 atom stereocenters. The second-order valence-corrected chi connectivity index (χ2v) is 6.15. The summed E-state index contributed by atoms with van der Waals surface area (Å²) in [6.45, 7) is 0. The SMILES string of the molecule is CN=C([O-])C(=NC)C(=CN)NC(=O)c1nc(C2CC2)ncc1Nc1cncnc1. The Bertz CT molecular complexity index is 982. The van der Waals surface area contributed by atoms with Crippen molar-refractivity contribution in [3.8, 4) is 0 Å². The minimum absolute atomic E-state index is 0.0358. The smallest absolute Gasteiger partial charge is 0.276 e. The van der Waals surface area contributed by atoms with Gasteiger partial charge in [0.15, 0.2) is 5.69 Å². The van der Waals surface area contributed by atoms with E-state index in [0.29, 0.717) is 17.2 Å². The van der Waals surface area contributed by atoms with Gasteiger partial charge >= 0.3 is 0 Å². The molecule has 11 heteroatoms. The second kappa shape index (κ2) is 8.87. The highest BCUT2D eigenvalue weighted by molar-refractivity contribution is 6.44. The zero-order valence-electron chi connectivity index (χ0n) is 16.0. The molecule has 11 nitrogen and oxygen atoms in total. The molecule has 1 aliphatic rings. The van der Waals surface area contributed by atoms with Crippen molar-refractivity contribution in [3.05, 3.63) is 48.3 Å². The molecule has 0 unspecified atom stereocenters. The topological polar surface area (TPSA) is 166 Å². The van der Waals surface area contributed by atoms with Crippen molar-refractivity contribution in [3.63, 3.8) is 0 Å². The van der Waals surface area contributed by atoms with E-state index in [1.165, 1.54) is 26.6 Å². The van der Waals surface area contributed by atoms with E-state index in [1.807, 2.05) is 0 Å². The Labute approximate surface area is 167 Å². The van der Waals surface area contributed by atoms with Gasteiger partial charge in [-0.25, -0.2) is 19.9 Å².